The van der Waals surface area contributed by atoms with Crippen molar-refractivity contribution in [1.82, 2.24) is 15.5 Å². The van der Waals surface area contributed by atoms with Crippen LogP contribution >= 0.6 is 24.0 Å². The monoisotopic (exact) mass is 548 g/mol. The SMILES string of the molecule is CCNC(=NCC(c1ccc(C)o1)N1CCCC1)NCCCOCC1CCOCC1.I. The van der Waals surface area contributed by atoms with E-state index in [2.05, 4.69) is 28.5 Å². The van der Waals surface area contributed by atoms with Crippen molar-refractivity contribution in [2.75, 3.05) is 59.2 Å². The summed E-state index contributed by atoms with van der Waals surface area (Å²) in [5, 5.41) is 6.81. The quantitative estimate of drug-likeness (QED) is 0.190. The molecule has 178 valence electrons. The Kier molecular flexibility index (Phi) is 12.8. The number of hydrogen-bond donors (Lipinski definition) is 2. The predicted octanol–water partition coefficient (Wildman–Crippen LogP) is 3.73. The molecule has 1 unspecified atom stereocenters. The molecule has 1 aromatic rings. The summed E-state index contributed by atoms with van der Waals surface area (Å²) in [5.41, 5.74) is 0. The van der Waals surface area contributed by atoms with Gasteiger partial charge in [-0.3, -0.25) is 9.89 Å². The fourth-order valence-corrected chi connectivity index (χ4v) is 4.13. The first-order valence-corrected chi connectivity index (χ1v) is 11.7. The average Bonchev–Trinajstić information content (AvgIpc) is 3.44. The second kappa shape index (κ2) is 15.1. The molecular formula is C23H41IN4O3. The van der Waals surface area contributed by atoms with Crippen molar-refractivity contribution in [2.24, 2.45) is 10.9 Å². The molecule has 7 nitrogen and oxygen atoms in total. The Hall–Kier alpha value is -0.840. The molecule has 0 aromatic carbocycles. The number of nitrogens with zero attached hydrogens (tertiary/aromatic N) is 2. The van der Waals surface area contributed by atoms with E-state index in [9.17, 15) is 0 Å². The lowest BCUT2D eigenvalue weighted by atomic mass is 10.0. The molecule has 3 heterocycles. The molecule has 1 atom stereocenters. The van der Waals surface area contributed by atoms with E-state index < -0.39 is 0 Å². The Balaban J connectivity index is 0.00000341. The molecule has 0 aliphatic carbocycles. The number of ether oxygens (including phenoxy) is 2. The molecule has 0 bridgehead atoms. The Bertz CT molecular complexity index is 628. The first-order chi connectivity index (χ1) is 14.8. The minimum atomic E-state index is 0. The molecule has 2 fully saturated rings. The number of furan rings is 1. The highest BCUT2D eigenvalue weighted by molar-refractivity contribution is 14.0. The van der Waals surface area contributed by atoms with E-state index in [1.54, 1.807) is 0 Å². The van der Waals surface area contributed by atoms with Crippen LogP contribution in [0.1, 0.15) is 56.6 Å². The van der Waals surface area contributed by atoms with E-state index in [-0.39, 0.29) is 30.0 Å². The summed E-state index contributed by atoms with van der Waals surface area (Å²) in [6.07, 6.45) is 5.74. The largest absolute Gasteiger partial charge is 0.465 e. The van der Waals surface area contributed by atoms with Gasteiger partial charge >= 0.3 is 0 Å². The van der Waals surface area contributed by atoms with Crippen molar-refractivity contribution in [3.63, 3.8) is 0 Å². The maximum atomic E-state index is 5.95. The standard InChI is InChI=1S/C23H40N4O3.HI/c1-3-24-23(25-11-6-14-29-18-20-9-15-28-16-10-20)26-17-21(27-12-4-5-13-27)22-8-7-19(2)30-22;/h7-8,20-21H,3-6,9-18H2,1-2H3,(H2,24,25,26);1H. The van der Waals surface area contributed by atoms with Gasteiger partial charge in [0.15, 0.2) is 5.96 Å². The van der Waals surface area contributed by atoms with E-state index in [0.29, 0.717) is 12.5 Å². The zero-order chi connectivity index (χ0) is 21.0. The summed E-state index contributed by atoms with van der Waals surface area (Å²) in [6.45, 7) is 12.1. The number of hydrogen-bond acceptors (Lipinski definition) is 5. The van der Waals surface area contributed by atoms with Gasteiger partial charge in [0, 0.05) is 39.5 Å². The maximum absolute atomic E-state index is 5.95. The highest BCUT2D eigenvalue weighted by Gasteiger charge is 2.25. The molecule has 2 N–H and O–H groups in total. The maximum Gasteiger partial charge on any atom is 0.191 e. The second-order valence-corrected chi connectivity index (χ2v) is 8.34. The third kappa shape index (κ3) is 9.27. The highest BCUT2D eigenvalue weighted by atomic mass is 127. The molecule has 3 rings (SSSR count). The van der Waals surface area contributed by atoms with E-state index in [1.165, 1.54) is 12.8 Å². The van der Waals surface area contributed by atoms with Crippen molar-refractivity contribution < 1.29 is 13.9 Å². The Morgan fingerprint density at radius 3 is 2.68 bits per heavy atom. The van der Waals surface area contributed by atoms with Crippen molar-refractivity contribution >= 4 is 29.9 Å². The van der Waals surface area contributed by atoms with E-state index in [4.69, 9.17) is 18.9 Å². The number of nitrogens with one attached hydrogen (secondary N) is 2. The average molecular weight is 549 g/mol. The van der Waals surface area contributed by atoms with Gasteiger partial charge in [-0.15, -0.1) is 24.0 Å². The first-order valence-electron chi connectivity index (χ1n) is 11.7. The smallest absolute Gasteiger partial charge is 0.191 e. The van der Waals surface area contributed by atoms with E-state index in [0.717, 1.165) is 89.3 Å². The zero-order valence-electron chi connectivity index (χ0n) is 19.2. The van der Waals surface area contributed by atoms with Crippen LogP contribution in [0.25, 0.3) is 0 Å². The number of halogens is 1. The van der Waals surface area contributed by atoms with Crippen LogP contribution in [0.15, 0.2) is 21.5 Å². The van der Waals surface area contributed by atoms with E-state index >= 15 is 0 Å². The third-order valence-electron chi connectivity index (χ3n) is 5.89. The molecule has 0 amide bonds. The Morgan fingerprint density at radius 1 is 1.23 bits per heavy atom. The van der Waals surface area contributed by atoms with Gasteiger partial charge in [-0.05, 0) is 77.1 Å². The summed E-state index contributed by atoms with van der Waals surface area (Å²) in [6, 6.07) is 4.36. The number of guanidine groups is 1. The lowest BCUT2D eigenvalue weighted by molar-refractivity contribution is 0.0203. The molecule has 0 spiro atoms. The van der Waals surface area contributed by atoms with Gasteiger partial charge in [0.25, 0.3) is 0 Å². The number of aryl methyl sites for hydroxylation is 1. The summed E-state index contributed by atoms with van der Waals surface area (Å²) in [4.78, 5) is 7.37. The third-order valence-corrected chi connectivity index (χ3v) is 5.89. The molecule has 2 aliphatic rings. The normalized spacial score (nSPS) is 19.2. The molecule has 31 heavy (non-hydrogen) atoms. The van der Waals surface area contributed by atoms with Crippen LogP contribution in [0.4, 0.5) is 0 Å². The predicted molar refractivity (Wildman–Crippen MR) is 135 cm³/mol. The summed E-state index contributed by atoms with van der Waals surface area (Å²) in [7, 11) is 0. The van der Waals surface area contributed by atoms with Gasteiger partial charge in [0.1, 0.15) is 11.5 Å². The van der Waals surface area contributed by atoms with Crippen LogP contribution in [-0.4, -0.2) is 70.0 Å². The molecule has 8 heteroatoms. The van der Waals surface area contributed by atoms with Gasteiger partial charge in [0.05, 0.1) is 12.6 Å². The van der Waals surface area contributed by atoms with Crippen LogP contribution in [0, 0.1) is 12.8 Å². The second-order valence-electron chi connectivity index (χ2n) is 8.34. The van der Waals surface area contributed by atoms with Crippen LogP contribution in [0.5, 0.6) is 0 Å². The highest BCUT2D eigenvalue weighted by Crippen LogP contribution is 2.27. The molecule has 0 radical (unpaired) electrons. The summed E-state index contributed by atoms with van der Waals surface area (Å²) < 4.78 is 17.2. The van der Waals surface area contributed by atoms with Crippen molar-refractivity contribution in [3.8, 4) is 0 Å². The van der Waals surface area contributed by atoms with Gasteiger partial charge in [-0.25, -0.2) is 0 Å². The molecule has 0 saturated carbocycles. The minimum absolute atomic E-state index is 0. The Labute approximate surface area is 204 Å². The lowest BCUT2D eigenvalue weighted by Gasteiger charge is -2.24. The fraction of sp³-hybridized carbons (Fsp3) is 0.783. The molecule has 2 aliphatic heterocycles. The van der Waals surface area contributed by atoms with E-state index in [1.807, 2.05) is 13.0 Å². The van der Waals surface area contributed by atoms with Crippen LogP contribution in [-0.2, 0) is 9.47 Å². The van der Waals surface area contributed by atoms with Crippen molar-refractivity contribution in [3.05, 3.63) is 23.7 Å². The van der Waals surface area contributed by atoms with Gasteiger partial charge in [0.2, 0.25) is 0 Å². The molecule has 1 aromatic heterocycles. The first kappa shape index (κ1) is 26.4. The summed E-state index contributed by atoms with van der Waals surface area (Å²) >= 11 is 0. The summed E-state index contributed by atoms with van der Waals surface area (Å²) in [5.74, 6) is 3.52. The lowest BCUT2D eigenvalue weighted by Crippen LogP contribution is -2.39. The van der Waals surface area contributed by atoms with Crippen LogP contribution in [0.2, 0.25) is 0 Å². The topological polar surface area (TPSA) is 71.3 Å². The number of likely N-dealkylation sites (tertiary alicyclic amines) is 1. The van der Waals surface area contributed by atoms with Gasteiger partial charge in [-0.1, -0.05) is 0 Å². The molecular weight excluding hydrogens is 507 g/mol. The minimum Gasteiger partial charge on any atom is -0.465 e. The van der Waals surface area contributed by atoms with Crippen molar-refractivity contribution in [1.29, 1.82) is 0 Å². The zero-order valence-corrected chi connectivity index (χ0v) is 21.6. The van der Waals surface area contributed by atoms with Crippen molar-refractivity contribution in [2.45, 2.75) is 52.0 Å². The fourth-order valence-electron chi connectivity index (χ4n) is 4.13. The van der Waals surface area contributed by atoms with Crippen LogP contribution in [0.3, 0.4) is 0 Å². The number of aliphatic imine (C=N–C) groups is 1. The van der Waals surface area contributed by atoms with Gasteiger partial charge < -0.3 is 24.5 Å². The van der Waals surface area contributed by atoms with Crippen LogP contribution < -0.4 is 10.6 Å². The number of rotatable bonds is 11. The Morgan fingerprint density at radius 2 is 2.00 bits per heavy atom. The molecule has 2 saturated heterocycles. The van der Waals surface area contributed by atoms with Gasteiger partial charge in [-0.2, -0.15) is 0 Å².